The summed E-state index contributed by atoms with van der Waals surface area (Å²) in [6.45, 7) is 5.66. The molecule has 2 aromatic carbocycles. The van der Waals surface area contributed by atoms with Crippen LogP contribution in [0.15, 0.2) is 48.5 Å². The normalized spacial score (nSPS) is 14.3. The van der Waals surface area contributed by atoms with Crippen molar-refractivity contribution in [3.63, 3.8) is 0 Å². The molecule has 1 aliphatic heterocycles. The summed E-state index contributed by atoms with van der Waals surface area (Å²) in [7, 11) is 0. The van der Waals surface area contributed by atoms with Gasteiger partial charge in [-0.25, -0.2) is 0 Å². The molecule has 0 atom stereocenters. The zero-order valence-corrected chi connectivity index (χ0v) is 13.8. The van der Waals surface area contributed by atoms with Crippen LogP contribution in [0.5, 0.6) is 0 Å². The summed E-state index contributed by atoms with van der Waals surface area (Å²) in [5.41, 5.74) is 6.32. The maximum atomic E-state index is 10.5. The third kappa shape index (κ3) is 3.37. The summed E-state index contributed by atoms with van der Waals surface area (Å²) in [5.74, 6) is 0. The lowest BCUT2D eigenvalue weighted by Crippen LogP contribution is -2.35. The van der Waals surface area contributed by atoms with E-state index in [9.17, 15) is 4.79 Å². The molecule has 0 radical (unpaired) electrons. The summed E-state index contributed by atoms with van der Waals surface area (Å²) >= 11 is 0. The second-order valence-corrected chi connectivity index (χ2v) is 6.35. The highest BCUT2D eigenvalue weighted by atomic mass is 16.1. The van der Waals surface area contributed by atoms with E-state index in [1.54, 1.807) is 0 Å². The summed E-state index contributed by atoms with van der Waals surface area (Å²) in [5, 5.41) is 0. The summed E-state index contributed by atoms with van der Waals surface area (Å²) in [6.07, 6.45) is 6.56. The summed E-state index contributed by atoms with van der Waals surface area (Å²) in [4.78, 5) is 13.0. The van der Waals surface area contributed by atoms with Gasteiger partial charge in [0.2, 0.25) is 0 Å². The van der Waals surface area contributed by atoms with Gasteiger partial charge in [0.1, 0.15) is 6.29 Å². The van der Waals surface area contributed by atoms with Crippen molar-refractivity contribution in [1.29, 1.82) is 0 Å². The maximum Gasteiger partial charge on any atom is 0.142 e. The smallest absolute Gasteiger partial charge is 0.142 e. The number of nitrogens with zero attached hydrogens (tertiary/aromatic N) is 1. The number of hydrogen-bond donors (Lipinski definition) is 0. The molecule has 0 saturated carbocycles. The van der Waals surface area contributed by atoms with Gasteiger partial charge in [-0.15, -0.1) is 0 Å². The summed E-state index contributed by atoms with van der Waals surface area (Å²) in [6, 6.07) is 15.7. The number of aldehydes is 1. The fourth-order valence-electron chi connectivity index (χ4n) is 3.31. The van der Waals surface area contributed by atoms with Crippen LogP contribution in [0.4, 0.5) is 5.69 Å². The van der Waals surface area contributed by atoms with Crippen LogP contribution in [0.25, 0.3) is 17.2 Å². The van der Waals surface area contributed by atoms with Crippen molar-refractivity contribution >= 4 is 18.0 Å². The van der Waals surface area contributed by atoms with Crippen LogP contribution in [-0.2, 0) is 11.2 Å². The van der Waals surface area contributed by atoms with Crippen LogP contribution in [0, 0.1) is 0 Å². The van der Waals surface area contributed by atoms with Gasteiger partial charge in [-0.05, 0) is 73.2 Å². The average molecular weight is 305 g/mol. The van der Waals surface area contributed by atoms with Gasteiger partial charge in [0.25, 0.3) is 0 Å². The van der Waals surface area contributed by atoms with Crippen molar-refractivity contribution in [2.75, 3.05) is 11.4 Å². The van der Waals surface area contributed by atoms with E-state index in [0.29, 0.717) is 6.04 Å². The minimum Gasteiger partial charge on any atom is -0.369 e. The van der Waals surface area contributed by atoms with Crippen molar-refractivity contribution in [2.24, 2.45) is 0 Å². The fraction of sp³-hybridized carbons (Fsp3) is 0.286. The molecular weight excluding hydrogens is 282 g/mol. The standard InChI is InChI=1S/C21H23NO/c1-16(2)22-12-4-9-20-15-19(10-11-21(20)22)18-8-3-6-17(14-18)7-5-13-23/h3,5-8,10-11,13-16H,4,9,12H2,1-2H3. The Hall–Kier alpha value is -2.35. The molecule has 0 unspecified atom stereocenters. The topological polar surface area (TPSA) is 20.3 Å². The van der Waals surface area contributed by atoms with Crippen LogP contribution in [0.3, 0.4) is 0 Å². The SMILES string of the molecule is CC(C)N1CCCc2cc(-c3cccc(C=CC=O)c3)ccc21. The number of hydrogen-bond acceptors (Lipinski definition) is 2. The first-order valence-electron chi connectivity index (χ1n) is 8.31. The maximum absolute atomic E-state index is 10.5. The van der Waals surface area contributed by atoms with E-state index in [0.717, 1.165) is 24.8 Å². The molecule has 0 saturated heterocycles. The Labute approximate surface area is 138 Å². The lowest BCUT2D eigenvalue weighted by atomic mass is 9.95. The van der Waals surface area contributed by atoms with E-state index in [4.69, 9.17) is 0 Å². The number of benzene rings is 2. The molecule has 2 nitrogen and oxygen atoms in total. The Morgan fingerprint density at radius 1 is 1.09 bits per heavy atom. The van der Waals surface area contributed by atoms with Gasteiger partial charge in [-0.2, -0.15) is 0 Å². The Morgan fingerprint density at radius 3 is 2.70 bits per heavy atom. The van der Waals surface area contributed by atoms with E-state index in [1.807, 2.05) is 18.2 Å². The third-order valence-electron chi connectivity index (χ3n) is 4.44. The molecule has 0 spiro atoms. The van der Waals surface area contributed by atoms with Crippen LogP contribution in [0.2, 0.25) is 0 Å². The van der Waals surface area contributed by atoms with Crippen molar-refractivity contribution < 1.29 is 4.79 Å². The van der Waals surface area contributed by atoms with Crippen LogP contribution >= 0.6 is 0 Å². The van der Waals surface area contributed by atoms with Crippen molar-refractivity contribution in [3.8, 4) is 11.1 Å². The molecule has 23 heavy (non-hydrogen) atoms. The second kappa shape index (κ2) is 6.82. The first-order valence-corrected chi connectivity index (χ1v) is 8.31. The van der Waals surface area contributed by atoms with E-state index < -0.39 is 0 Å². The monoisotopic (exact) mass is 305 g/mol. The molecule has 2 heteroatoms. The number of fused-ring (bicyclic) bond motifs is 1. The zero-order valence-electron chi connectivity index (χ0n) is 13.8. The Kier molecular flexibility index (Phi) is 4.61. The van der Waals surface area contributed by atoms with Gasteiger partial charge in [-0.3, -0.25) is 4.79 Å². The van der Waals surface area contributed by atoms with Gasteiger partial charge in [0.15, 0.2) is 0 Å². The zero-order chi connectivity index (χ0) is 16.2. The average Bonchev–Trinajstić information content (AvgIpc) is 2.59. The molecule has 0 bridgehead atoms. The fourth-order valence-corrected chi connectivity index (χ4v) is 3.31. The van der Waals surface area contributed by atoms with Crippen LogP contribution < -0.4 is 4.90 Å². The highest BCUT2D eigenvalue weighted by Gasteiger charge is 2.19. The third-order valence-corrected chi connectivity index (χ3v) is 4.44. The van der Waals surface area contributed by atoms with Gasteiger partial charge < -0.3 is 4.90 Å². The number of aryl methyl sites for hydroxylation is 1. The minimum atomic E-state index is 0.539. The number of carbonyl (C=O) groups excluding carboxylic acids is 1. The van der Waals surface area contributed by atoms with Gasteiger partial charge in [0, 0.05) is 18.3 Å². The quantitative estimate of drug-likeness (QED) is 0.601. The molecule has 0 N–H and O–H groups in total. The Bertz CT molecular complexity index is 730. The molecular formula is C21H23NO. The van der Waals surface area contributed by atoms with Crippen molar-refractivity contribution in [3.05, 3.63) is 59.7 Å². The molecule has 0 aliphatic carbocycles. The molecule has 2 aromatic rings. The van der Waals surface area contributed by atoms with Crippen molar-refractivity contribution in [1.82, 2.24) is 0 Å². The van der Waals surface area contributed by atoms with Gasteiger partial charge in [0.05, 0.1) is 0 Å². The van der Waals surface area contributed by atoms with E-state index in [2.05, 4.69) is 49.1 Å². The number of allylic oxidation sites excluding steroid dienone is 1. The second-order valence-electron chi connectivity index (χ2n) is 6.35. The molecule has 3 rings (SSSR count). The molecule has 1 heterocycles. The molecule has 0 fully saturated rings. The number of carbonyl (C=O) groups is 1. The number of anilines is 1. The van der Waals surface area contributed by atoms with E-state index >= 15 is 0 Å². The summed E-state index contributed by atoms with van der Waals surface area (Å²) < 4.78 is 0. The highest BCUT2D eigenvalue weighted by Crippen LogP contribution is 2.33. The predicted molar refractivity (Wildman–Crippen MR) is 97.8 cm³/mol. The van der Waals surface area contributed by atoms with Gasteiger partial charge >= 0.3 is 0 Å². The molecule has 118 valence electrons. The largest absolute Gasteiger partial charge is 0.369 e. The first kappa shape index (κ1) is 15.5. The highest BCUT2D eigenvalue weighted by molar-refractivity contribution is 5.76. The Balaban J connectivity index is 1.96. The lowest BCUT2D eigenvalue weighted by molar-refractivity contribution is -0.104. The van der Waals surface area contributed by atoms with Crippen molar-refractivity contribution in [2.45, 2.75) is 32.7 Å². The molecule has 1 aliphatic rings. The minimum absolute atomic E-state index is 0.539. The molecule has 0 aromatic heterocycles. The predicted octanol–water partition coefficient (Wildman–Crippen LogP) is 4.73. The lowest BCUT2D eigenvalue weighted by Gasteiger charge is -2.35. The first-order chi connectivity index (χ1) is 11.2. The molecule has 0 amide bonds. The van der Waals surface area contributed by atoms with Crippen LogP contribution in [0.1, 0.15) is 31.4 Å². The number of rotatable bonds is 4. The Morgan fingerprint density at radius 2 is 1.91 bits per heavy atom. The van der Waals surface area contributed by atoms with E-state index in [1.165, 1.54) is 34.9 Å². The van der Waals surface area contributed by atoms with Gasteiger partial charge in [-0.1, -0.05) is 30.3 Å². The van der Waals surface area contributed by atoms with E-state index in [-0.39, 0.29) is 0 Å². The van der Waals surface area contributed by atoms with Crippen LogP contribution in [-0.4, -0.2) is 18.9 Å².